The molecule has 1 unspecified atom stereocenters. The Bertz CT molecular complexity index is 939. The molecule has 6 nitrogen and oxygen atoms in total. The lowest BCUT2D eigenvalue weighted by Gasteiger charge is -2.30. The summed E-state index contributed by atoms with van der Waals surface area (Å²) in [6.45, 7) is 7.97. The Morgan fingerprint density at radius 3 is 2.38 bits per heavy atom. The number of allylic oxidation sites excluding steroid dienone is 1. The summed E-state index contributed by atoms with van der Waals surface area (Å²) >= 11 is 0. The van der Waals surface area contributed by atoms with Gasteiger partial charge in [0.2, 0.25) is 0 Å². The summed E-state index contributed by atoms with van der Waals surface area (Å²) in [4.78, 5) is 27.4. The Morgan fingerprint density at radius 1 is 1.03 bits per heavy atom. The van der Waals surface area contributed by atoms with Crippen LogP contribution in [0, 0.1) is 0 Å². The van der Waals surface area contributed by atoms with Gasteiger partial charge in [-0.3, -0.25) is 0 Å². The second-order valence-corrected chi connectivity index (χ2v) is 7.84. The summed E-state index contributed by atoms with van der Waals surface area (Å²) in [5.41, 5.74) is 4.34. The number of esters is 1. The van der Waals surface area contributed by atoms with Gasteiger partial charge in [-0.05, 0) is 49.9 Å². The van der Waals surface area contributed by atoms with Crippen LogP contribution in [0.3, 0.4) is 0 Å². The summed E-state index contributed by atoms with van der Waals surface area (Å²) in [6.07, 6.45) is 2.49. The fraction of sp³-hybridized carbons (Fsp3) is 0.385. The first kappa shape index (κ1) is 23.4. The largest absolute Gasteiger partial charge is 0.463 e. The lowest BCUT2D eigenvalue weighted by Crippen LogP contribution is -2.46. The lowest BCUT2D eigenvalue weighted by atomic mass is 9.93. The fourth-order valence-electron chi connectivity index (χ4n) is 3.94. The van der Waals surface area contributed by atoms with Gasteiger partial charge < -0.3 is 20.3 Å². The SMILES string of the molecule is CCCCC1=C(C(=O)OCC)C(c2ccc(N(CC)Cc3ccccc3)cc2)NC(=O)N1. The minimum atomic E-state index is -0.534. The van der Waals surface area contributed by atoms with Gasteiger partial charge in [0.05, 0.1) is 18.2 Å². The van der Waals surface area contributed by atoms with Crippen molar-refractivity contribution in [2.75, 3.05) is 18.1 Å². The van der Waals surface area contributed by atoms with E-state index in [4.69, 9.17) is 4.74 Å². The van der Waals surface area contributed by atoms with Crippen molar-refractivity contribution in [3.8, 4) is 0 Å². The minimum absolute atomic E-state index is 0.286. The average Bonchev–Trinajstić information content (AvgIpc) is 2.81. The molecule has 32 heavy (non-hydrogen) atoms. The van der Waals surface area contributed by atoms with Crippen molar-refractivity contribution < 1.29 is 14.3 Å². The van der Waals surface area contributed by atoms with Crippen LogP contribution < -0.4 is 15.5 Å². The number of urea groups is 1. The number of rotatable bonds is 10. The molecule has 170 valence electrons. The zero-order chi connectivity index (χ0) is 22.9. The molecule has 1 aliphatic heterocycles. The molecule has 0 saturated carbocycles. The second-order valence-electron chi connectivity index (χ2n) is 7.84. The van der Waals surface area contributed by atoms with E-state index in [2.05, 4.69) is 41.5 Å². The van der Waals surface area contributed by atoms with E-state index in [0.717, 1.165) is 37.2 Å². The topological polar surface area (TPSA) is 70.7 Å². The summed E-state index contributed by atoms with van der Waals surface area (Å²) in [7, 11) is 0. The minimum Gasteiger partial charge on any atom is -0.463 e. The number of benzene rings is 2. The number of hydrogen-bond acceptors (Lipinski definition) is 4. The quantitative estimate of drug-likeness (QED) is 0.511. The van der Waals surface area contributed by atoms with E-state index in [9.17, 15) is 9.59 Å². The van der Waals surface area contributed by atoms with Crippen LogP contribution in [0.1, 0.15) is 57.2 Å². The molecule has 3 rings (SSSR count). The first-order valence-electron chi connectivity index (χ1n) is 11.4. The summed E-state index contributed by atoms with van der Waals surface area (Å²) in [6, 6.07) is 17.6. The van der Waals surface area contributed by atoms with Gasteiger partial charge in [-0.2, -0.15) is 0 Å². The van der Waals surface area contributed by atoms with Gasteiger partial charge in [0.25, 0.3) is 0 Å². The van der Waals surface area contributed by atoms with Crippen LogP contribution in [-0.2, 0) is 16.1 Å². The van der Waals surface area contributed by atoms with Crippen LogP contribution in [0.5, 0.6) is 0 Å². The Labute approximate surface area is 190 Å². The molecule has 1 aliphatic rings. The normalized spacial score (nSPS) is 15.7. The van der Waals surface area contributed by atoms with Crippen molar-refractivity contribution in [3.63, 3.8) is 0 Å². The number of nitrogens with zero attached hydrogens (tertiary/aromatic N) is 1. The molecule has 1 atom stereocenters. The first-order valence-corrected chi connectivity index (χ1v) is 11.4. The third kappa shape index (κ3) is 5.69. The Kier molecular flexibility index (Phi) is 8.31. The third-order valence-electron chi connectivity index (χ3n) is 5.62. The van der Waals surface area contributed by atoms with Crippen molar-refractivity contribution in [2.24, 2.45) is 0 Å². The summed E-state index contributed by atoms with van der Waals surface area (Å²) in [5.74, 6) is -0.389. The van der Waals surface area contributed by atoms with Crippen molar-refractivity contribution in [1.29, 1.82) is 0 Å². The van der Waals surface area contributed by atoms with E-state index in [0.29, 0.717) is 17.7 Å². The van der Waals surface area contributed by atoms with Crippen molar-refractivity contribution in [3.05, 3.63) is 77.0 Å². The van der Waals surface area contributed by atoms with Crippen LogP contribution >= 0.6 is 0 Å². The summed E-state index contributed by atoms with van der Waals surface area (Å²) in [5, 5.41) is 5.74. The number of carbonyl (C=O) groups is 2. The molecule has 2 N–H and O–H groups in total. The zero-order valence-electron chi connectivity index (χ0n) is 19.2. The maximum atomic E-state index is 12.8. The van der Waals surface area contributed by atoms with Crippen LogP contribution in [0.15, 0.2) is 65.9 Å². The van der Waals surface area contributed by atoms with Gasteiger partial charge in [0.15, 0.2) is 0 Å². The van der Waals surface area contributed by atoms with Crippen LogP contribution in [0.25, 0.3) is 0 Å². The number of unbranched alkanes of at least 4 members (excludes halogenated alkanes) is 1. The van der Waals surface area contributed by atoms with E-state index in [1.165, 1.54) is 5.56 Å². The molecule has 0 radical (unpaired) electrons. The molecule has 6 heteroatoms. The maximum Gasteiger partial charge on any atom is 0.338 e. The van der Waals surface area contributed by atoms with Crippen molar-refractivity contribution in [2.45, 2.75) is 52.6 Å². The molecule has 2 amide bonds. The predicted molar refractivity (Wildman–Crippen MR) is 127 cm³/mol. The maximum absolute atomic E-state index is 12.8. The molecule has 1 heterocycles. The number of hydrogen-bond donors (Lipinski definition) is 2. The van der Waals surface area contributed by atoms with E-state index in [-0.39, 0.29) is 18.6 Å². The summed E-state index contributed by atoms with van der Waals surface area (Å²) < 4.78 is 5.33. The number of carbonyl (C=O) groups excluding carboxylic acids is 2. The molecular weight excluding hydrogens is 402 g/mol. The van der Waals surface area contributed by atoms with Crippen LogP contribution in [0.2, 0.25) is 0 Å². The van der Waals surface area contributed by atoms with Gasteiger partial charge in [-0.15, -0.1) is 0 Å². The number of amides is 2. The smallest absolute Gasteiger partial charge is 0.338 e. The van der Waals surface area contributed by atoms with E-state index in [1.807, 2.05) is 42.5 Å². The van der Waals surface area contributed by atoms with E-state index in [1.54, 1.807) is 6.92 Å². The van der Waals surface area contributed by atoms with Crippen molar-refractivity contribution in [1.82, 2.24) is 10.6 Å². The molecule has 0 bridgehead atoms. The molecule has 0 aliphatic carbocycles. The standard InChI is InChI=1S/C26H33N3O3/c1-4-7-13-22-23(25(30)32-6-3)24(28-26(31)27-22)20-14-16-21(17-15-20)29(5-2)18-19-11-9-8-10-12-19/h8-12,14-17,24H,4-7,13,18H2,1-3H3,(H2,27,28,31). The van der Waals surface area contributed by atoms with Gasteiger partial charge in [-0.1, -0.05) is 55.8 Å². The Balaban J connectivity index is 1.88. The highest BCUT2D eigenvalue weighted by Gasteiger charge is 2.33. The highest BCUT2D eigenvalue weighted by molar-refractivity contribution is 5.95. The van der Waals surface area contributed by atoms with Crippen LogP contribution in [0.4, 0.5) is 10.5 Å². The fourth-order valence-corrected chi connectivity index (χ4v) is 3.94. The molecular formula is C26H33N3O3. The monoisotopic (exact) mass is 435 g/mol. The predicted octanol–water partition coefficient (Wildman–Crippen LogP) is 5.07. The van der Waals surface area contributed by atoms with Gasteiger partial charge in [-0.25, -0.2) is 9.59 Å². The molecule has 2 aromatic rings. The Morgan fingerprint density at radius 2 is 1.75 bits per heavy atom. The second kappa shape index (κ2) is 11.4. The van der Waals surface area contributed by atoms with Gasteiger partial charge >= 0.3 is 12.0 Å². The third-order valence-corrected chi connectivity index (χ3v) is 5.62. The van der Waals surface area contributed by atoms with E-state index >= 15 is 0 Å². The molecule has 2 aromatic carbocycles. The van der Waals surface area contributed by atoms with Gasteiger partial charge in [0, 0.05) is 24.5 Å². The molecule has 0 fully saturated rings. The number of anilines is 1. The number of ether oxygens (including phenoxy) is 1. The lowest BCUT2D eigenvalue weighted by molar-refractivity contribution is -0.139. The van der Waals surface area contributed by atoms with E-state index < -0.39 is 6.04 Å². The van der Waals surface area contributed by atoms with Crippen molar-refractivity contribution >= 4 is 17.7 Å². The van der Waals surface area contributed by atoms with Crippen LogP contribution in [-0.4, -0.2) is 25.2 Å². The Hall–Kier alpha value is -3.28. The van der Waals surface area contributed by atoms with Gasteiger partial charge in [0.1, 0.15) is 0 Å². The number of nitrogens with one attached hydrogen (secondary N) is 2. The first-order chi connectivity index (χ1) is 15.6. The molecule has 0 aromatic heterocycles. The highest BCUT2D eigenvalue weighted by atomic mass is 16.5. The average molecular weight is 436 g/mol. The zero-order valence-corrected chi connectivity index (χ0v) is 19.2. The molecule has 0 saturated heterocycles. The highest BCUT2D eigenvalue weighted by Crippen LogP contribution is 2.31. The molecule has 0 spiro atoms.